The van der Waals surface area contributed by atoms with Gasteiger partial charge in [0, 0.05) is 52.3 Å². The van der Waals surface area contributed by atoms with Crippen LogP contribution in [0.2, 0.25) is 0 Å². The predicted octanol–water partition coefficient (Wildman–Crippen LogP) is 3.15. The molecule has 0 spiro atoms. The van der Waals surface area contributed by atoms with Gasteiger partial charge in [0.15, 0.2) is 12.2 Å². The predicted molar refractivity (Wildman–Crippen MR) is 155 cm³/mol. The van der Waals surface area contributed by atoms with Gasteiger partial charge < -0.3 is 42.6 Å². The summed E-state index contributed by atoms with van der Waals surface area (Å²) in [4.78, 5) is 59.4. The first-order chi connectivity index (χ1) is 21.8. The number of esters is 5. The van der Waals surface area contributed by atoms with Crippen LogP contribution in [0.5, 0.6) is 23.0 Å². The molecular formula is C32H36O14. The molecule has 248 valence electrons. The van der Waals surface area contributed by atoms with Gasteiger partial charge in [-0.1, -0.05) is 12.1 Å². The molecule has 14 nitrogen and oxygen atoms in total. The van der Waals surface area contributed by atoms with Gasteiger partial charge in [0.1, 0.15) is 41.8 Å². The highest BCUT2D eigenvalue weighted by atomic mass is 16.7. The molecule has 0 radical (unpaired) electrons. The quantitative estimate of drug-likeness (QED) is 0.210. The van der Waals surface area contributed by atoms with Gasteiger partial charge in [-0.25, -0.2) is 0 Å². The van der Waals surface area contributed by atoms with Crippen molar-refractivity contribution in [2.75, 3.05) is 13.7 Å². The minimum absolute atomic E-state index is 0.263. The maximum absolute atomic E-state index is 12.2. The maximum Gasteiger partial charge on any atom is 0.308 e. The number of carbonyl (C=O) groups excluding carboxylic acids is 5. The lowest BCUT2D eigenvalue weighted by molar-refractivity contribution is -0.288. The van der Waals surface area contributed by atoms with E-state index < -0.39 is 67.2 Å². The van der Waals surface area contributed by atoms with E-state index in [-0.39, 0.29) is 11.9 Å². The normalized spacial score (nSPS) is 23.4. The zero-order chi connectivity index (χ0) is 33.5. The van der Waals surface area contributed by atoms with Gasteiger partial charge in [0.25, 0.3) is 0 Å². The van der Waals surface area contributed by atoms with Crippen LogP contribution >= 0.6 is 0 Å². The van der Waals surface area contributed by atoms with Crippen LogP contribution in [0.15, 0.2) is 36.4 Å². The summed E-state index contributed by atoms with van der Waals surface area (Å²) >= 11 is 0. The molecule has 0 N–H and O–H groups in total. The molecule has 0 saturated carbocycles. The standard InChI is InChI=1S/C32H36O14/c1-16(33)39-15-28-29(41-18(3)35)30(42-19(4)36)31(43-20(5)37)32(46-28)45-27-14-23(38-6)13-26-24(27)11-12-25(44-26)21-7-9-22(10-8-21)40-17(2)34/h7-10,13-14,25,28-32H,11-12,15H2,1-6H3/t25?,28-,29-,30+,31-,32?/m1/s1. The van der Waals surface area contributed by atoms with E-state index in [0.717, 1.165) is 26.3 Å². The number of hydrogen-bond donors (Lipinski definition) is 0. The first-order valence-corrected chi connectivity index (χ1v) is 14.5. The Hall–Kier alpha value is -4.85. The number of fused-ring (bicyclic) bond motifs is 1. The Kier molecular flexibility index (Phi) is 11.1. The summed E-state index contributed by atoms with van der Waals surface area (Å²) in [5.41, 5.74) is 1.51. The third kappa shape index (κ3) is 8.65. The van der Waals surface area contributed by atoms with E-state index in [1.807, 2.05) is 12.1 Å². The molecule has 1 fully saturated rings. The maximum atomic E-state index is 12.2. The SMILES string of the molecule is COc1cc2c(c(OC3O[C@H](COC(C)=O)[C@@H](OC(C)=O)[C@H](OC(C)=O)[C@H]3OC(C)=O)c1)CCC(c1ccc(OC(C)=O)cc1)O2. The Balaban J connectivity index is 1.68. The van der Waals surface area contributed by atoms with Gasteiger partial charge in [-0.05, 0) is 30.5 Å². The van der Waals surface area contributed by atoms with Crippen molar-refractivity contribution < 1.29 is 66.6 Å². The van der Waals surface area contributed by atoms with E-state index in [9.17, 15) is 24.0 Å². The van der Waals surface area contributed by atoms with Gasteiger partial charge in [-0.3, -0.25) is 24.0 Å². The molecule has 0 aromatic heterocycles. The van der Waals surface area contributed by atoms with Crippen LogP contribution in [0, 0.1) is 0 Å². The van der Waals surface area contributed by atoms with Crippen LogP contribution in [0.1, 0.15) is 58.3 Å². The highest BCUT2D eigenvalue weighted by Gasteiger charge is 2.53. The minimum atomic E-state index is -1.43. The average Bonchev–Trinajstić information content (AvgIpc) is 2.98. The van der Waals surface area contributed by atoms with E-state index >= 15 is 0 Å². The van der Waals surface area contributed by atoms with Gasteiger partial charge in [0.05, 0.1) is 7.11 Å². The molecule has 0 aliphatic carbocycles. The van der Waals surface area contributed by atoms with Crippen molar-refractivity contribution in [3.8, 4) is 23.0 Å². The second kappa shape index (κ2) is 15.0. The third-order valence-electron chi connectivity index (χ3n) is 7.01. The summed E-state index contributed by atoms with van der Waals surface area (Å²) in [5, 5.41) is 0. The van der Waals surface area contributed by atoms with Crippen molar-refractivity contribution in [2.45, 2.75) is 84.3 Å². The van der Waals surface area contributed by atoms with Crippen molar-refractivity contribution in [1.82, 2.24) is 0 Å². The first kappa shape index (κ1) is 34.0. The van der Waals surface area contributed by atoms with E-state index in [1.54, 1.807) is 24.3 Å². The molecule has 2 aromatic rings. The van der Waals surface area contributed by atoms with Crippen LogP contribution < -0.4 is 18.9 Å². The number of ether oxygens (including phenoxy) is 9. The van der Waals surface area contributed by atoms with Crippen molar-refractivity contribution in [1.29, 1.82) is 0 Å². The molecule has 2 heterocycles. The van der Waals surface area contributed by atoms with Crippen LogP contribution in [-0.2, 0) is 54.1 Å². The van der Waals surface area contributed by atoms with E-state index in [1.165, 1.54) is 21.0 Å². The zero-order valence-corrected chi connectivity index (χ0v) is 26.3. The summed E-state index contributed by atoms with van der Waals surface area (Å²) in [6, 6.07) is 10.3. The summed E-state index contributed by atoms with van der Waals surface area (Å²) in [5.74, 6) is -1.80. The highest BCUT2D eigenvalue weighted by molar-refractivity contribution is 5.69. The molecule has 1 saturated heterocycles. The molecular weight excluding hydrogens is 608 g/mol. The molecule has 4 rings (SSSR count). The largest absolute Gasteiger partial charge is 0.496 e. The van der Waals surface area contributed by atoms with Crippen LogP contribution in [0.4, 0.5) is 0 Å². The van der Waals surface area contributed by atoms with Crippen LogP contribution in [-0.4, -0.2) is 74.3 Å². The Labute approximate surface area is 265 Å². The van der Waals surface area contributed by atoms with E-state index in [0.29, 0.717) is 35.7 Å². The molecule has 2 aromatic carbocycles. The van der Waals surface area contributed by atoms with Gasteiger partial charge >= 0.3 is 29.8 Å². The van der Waals surface area contributed by atoms with Gasteiger partial charge in [-0.2, -0.15) is 0 Å². The molecule has 46 heavy (non-hydrogen) atoms. The first-order valence-electron chi connectivity index (χ1n) is 14.5. The molecule has 0 bridgehead atoms. The monoisotopic (exact) mass is 644 g/mol. The van der Waals surface area contributed by atoms with Crippen LogP contribution in [0.25, 0.3) is 0 Å². The Morgan fingerprint density at radius 1 is 0.761 bits per heavy atom. The molecule has 6 atom stereocenters. The fourth-order valence-corrected chi connectivity index (χ4v) is 5.22. The summed E-state index contributed by atoms with van der Waals surface area (Å²) in [6.07, 6.45) is -6.03. The van der Waals surface area contributed by atoms with E-state index in [2.05, 4.69) is 0 Å². The van der Waals surface area contributed by atoms with Gasteiger partial charge in [0.2, 0.25) is 12.4 Å². The Morgan fingerprint density at radius 2 is 1.39 bits per heavy atom. The second-order valence-corrected chi connectivity index (χ2v) is 10.6. The van der Waals surface area contributed by atoms with Crippen molar-refractivity contribution in [3.05, 3.63) is 47.5 Å². The zero-order valence-electron chi connectivity index (χ0n) is 26.3. The summed E-state index contributed by atoms with van der Waals surface area (Å²) in [6.45, 7) is 5.54. The van der Waals surface area contributed by atoms with Crippen molar-refractivity contribution in [3.63, 3.8) is 0 Å². The topological polar surface area (TPSA) is 168 Å². The molecule has 14 heteroatoms. The number of benzene rings is 2. The van der Waals surface area contributed by atoms with Crippen molar-refractivity contribution >= 4 is 29.8 Å². The molecule has 0 amide bonds. The minimum Gasteiger partial charge on any atom is -0.496 e. The third-order valence-corrected chi connectivity index (χ3v) is 7.01. The second-order valence-electron chi connectivity index (χ2n) is 10.6. The number of hydrogen-bond acceptors (Lipinski definition) is 14. The lowest BCUT2D eigenvalue weighted by atomic mass is 9.96. The average molecular weight is 645 g/mol. The molecule has 2 aliphatic rings. The Morgan fingerprint density at radius 3 is 1.98 bits per heavy atom. The molecule has 2 unspecified atom stereocenters. The van der Waals surface area contributed by atoms with Crippen LogP contribution in [0.3, 0.4) is 0 Å². The lowest BCUT2D eigenvalue weighted by Gasteiger charge is -2.44. The number of carbonyl (C=O) groups is 5. The fraction of sp³-hybridized carbons (Fsp3) is 0.469. The number of methoxy groups -OCH3 is 1. The summed E-state index contributed by atoms with van der Waals surface area (Å²) in [7, 11) is 1.47. The molecule has 2 aliphatic heterocycles. The van der Waals surface area contributed by atoms with Crippen molar-refractivity contribution in [2.24, 2.45) is 0 Å². The fourth-order valence-electron chi connectivity index (χ4n) is 5.22. The smallest absolute Gasteiger partial charge is 0.308 e. The van der Waals surface area contributed by atoms with E-state index in [4.69, 9.17) is 42.6 Å². The lowest BCUT2D eigenvalue weighted by Crippen LogP contribution is -2.63. The summed E-state index contributed by atoms with van der Waals surface area (Å²) < 4.78 is 51.0. The Bertz CT molecular complexity index is 1450. The number of rotatable bonds is 10. The van der Waals surface area contributed by atoms with Gasteiger partial charge in [-0.15, -0.1) is 0 Å². The highest BCUT2D eigenvalue weighted by Crippen LogP contribution is 2.44.